The average Bonchev–Trinajstić information content (AvgIpc) is 3.99. The number of nitrogens with zero attached hydrogens (tertiary/aromatic N) is 4. The Balaban J connectivity index is 0.00000469. The Bertz CT molecular complexity index is 3000. The number of aromatic nitrogens is 4. The van der Waals surface area contributed by atoms with E-state index in [4.69, 9.17) is 19.9 Å². The number of aryl methyl sites for hydroxylation is 8. The van der Waals surface area contributed by atoms with Crippen LogP contribution in [0.15, 0.2) is 91.0 Å². The maximum atomic E-state index is 5.55. The minimum absolute atomic E-state index is 0. The monoisotopic (exact) mass is 914 g/mol. The fraction of sp³-hybridized carbons (Fsp3) is 0.154. The van der Waals surface area contributed by atoms with E-state index in [1.807, 2.05) is 0 Å². The Morgan fingerprint density at radius 1 is 0.379 bits per heavy atom. The molecule has 0 radical (unpaired) electrons. The molecule has 4 aromatic carbocycles. The van der Waals surface area contributed by atoms with Crippen LogP contribution in [-0.2, 0) is 19.5 Å². The average molecular weight is 916 g/mol. The largest absolute Gasteiger partial charge is 2.00 e. The summed E-state index contributed by atoms with van der Waals surface area (Å²) in [5, 5.41) is 0. The van der Waals surface area contributed by atoms with Gasteiger partial charge in [0.1, 0.15) is 0 Å². The fourth-order valence-corrected chi connectivity index (χ4v) is 9.39. The predicted octanol–water partition coefficient (Wildman–Crippen LogP) is 13.7. The number of hydrogen-bond acceptors (Lipinski definition) is 2. The molecule has 0 saturated heterocycles. The van der Waals surface area contributed by atoms with Crippen LogP contribution >= 0.6 is 22.6 Å². The summed E-state index contributed by atoms with van der Waals surface area (Å²) in [5.74, 6) is 0. The van der Waals surface area contributed by atoms with Crippen LogP contribution in [0.25, 0.3) is 90.9 Å². The maximum Gasteiger partial charge on any atom is 2.00 e. The number of fused-ring (bicyclic) bond motifs is 8. The summed E-state index contributed by atoms with van der Waals surface area (Å²) in [6.45, 7) is 17.4. The van der Waals surface area contributed by atoms with Gasteiger partial charge in [-0.25, -0.2) is 9.97 Å². The maximum absolute atomic E-state index is 5.55. The van der Waals surface area contributed by atoms with E-state index in [0.717, 1.165) is 89.4 Å². The summed E-state index contributed by atoms with van der Waals surface area (Å²) in [5.41, 5.74) is 25.2. The van der Waals surface area contributed by atoms with Gasteiger partial charge in [-0.05, 0) is 187 Å². The molecule has 6 heteroatoms. The summed E-state index contributed by atoms with van der Waals surface area (Å²) in [6.07, 6.45) is 8.62. The van der Waals surface area contributed by atoms with Crippen molar-refractivity contribution in [3.05, 3.63) is 162 Å². The molecule has 4 nitrogen and oxygen atoms in total. The molecular weight excluding hydrogens is 873 g/mol. The molecule has 0 atom stereocenters. The van der Waals surface area contributed by atoms with Crippen molar-refractivity contribution in [1.29, 1.82) is 0 Å². The molecule has 9 rings (SSSR count). The predicted molar refractivity (Wildman–Crippen MR) is 249 cm³/mol. The number of benzene rings is 4. The van der Waals surface area contributed by atoms with Crippen molar-refractivity contribution in [2.24, 2.45) is 0 Å². The van der Waals surface area contributed by atoms with Gasteiger partial charge in [0.2, 0.25) is 0 Å². The van der Waals surface area contributed by atoms with E-state index >= 15 is 0 Å². The smallest absolute Gasteiger partial charge is 0.657 e. The molecule has 0 saturated carbocycles. The molecule has 0 fully saturated rings. The van der Waals surface area contributed by atoms with Gasteiger partial charge in [0.05, 0.1) is 22.8 Å². The molecule has 3 aromatic heterocycles. The fourth-order valence-electron chi connectivity index (χ4n) is 9.03. The van der Waals surface area contributed by atoms with Crippen molar-refractivity contribution in [2.45, 2.75) is 55.4 Å². The van der Waals surface area contributed by atoms with Crippen molar-refractivity contribution in [3.63, 3.8) is 0 Å². The van der Waals surface area contributed by atoms with Crippen molar-refractivity contribution in [3.8, 4) is 44.5 Å². The zero-order valence-electron chi connectivity index (χ0n) is 34.3. The van der Waals surface area contributed by atoms with E-state index in [-0.39, 0.29) is 19.5 Å². The Morgan fingerprint density at radius 3 is 1.21 bits per heavy atom. The van der Waals surface area contributed by atoms with Crippen molar-refractivity contribution < 1.29 is 19.5 Å². The van der Waals surface area contributed by atoms with Gasteiger partial charge in [0.15, 0.2) is 0 Å². The molecule has 280 valence electrons. The minimum atomic E-state index is 0. The van der Waals surface area contributed by atoms with Gasteiger partial charge in [-0.1, -0.05) is 95.6 Å². The molecule has 0 amide bonds. The molecule has 7 aromatic rings. The Kier molecular flexibility index (Phi) is 10.6. The molecule has 58 heavy (non-hydrogen) atoms. The first-order valence-electron chi connectivity index (χ1n) is 19.5. The summed E-state index contributed by atoms with van der Waals surface area (Å²) >= 11 is 2.37. The third-order valence-corrected chi connectivity index (χ3v) is 12.0. The summed E-state index contributed by atoms with van der Waals surface area (Å²) in [6, 6.07) is 32.9. The third-order valence-electron chi connectivity index (χ3n) is 11.2. The zero-order chi connectivity index (χ0) is 39.7. The SMILES string of the molecule is Cc1ccc(-c2c3nc(c(-c4ccc(I)cc4)c4ccc([n-]4)c(-c4c(C)cc(C)cc4C)c4nc(c(-c5c(C)cc(C)cc5C)c5ccc2[n-]5)C=C4)C=C3)c(C)c1.[Zn+2]. The van der Waals surface area contributed by atoms with Crippen molar-refractivity contribution >= 4 is 69.0 Å². The topological polar surface area (TPSA) is 54.0 Å². The van der Waals surface area contributed by atoms with Crippen LogP contribution in [0.2, 0.25) is 0 Å². The van der Waals surface area contributed by atoms with E-state index in [2.05, 4.69) is 193 Å². The second-order valence-electron chi connectivity index (χ2n) is 15.7. The quantitative estimate of drug-likeness (QED) is 0.130. The molecule has 0 aliphatic carbocycles. The van der Waals surface area contributed by atoms with Crippen LogP contribution in [0.3, 0.4) is 0 Å². The van der Waals surface area contributed by atoms with Crippen LogP contribution in [0.1, 0.15) is 67.3 Å². The van der Waals surface area contributed by atoms with Crippen molar-refractivity contribution in [1.82, 2.24) is 19.9 Å². The summed E-state index contributed by atoms with van der Waals surface area (Å²) < 4.78 is 1.17. The van der Waals surface area contributed by atoms with E-state index in [1.165, 1.54) is 48.1 Å². The van der Waals surface area contributed by atoms with Crippen LogP contribution in [-0.4, -0.2) is 9.97 Å². The molecule has 0 unspecified atom stereocenters. The van der Waals surface area contributed by atoms with Crippen LogP contribution in [0.4, 0.5) is 0 Å². The summed E-state index contributed by atoms with van der Waals surface area (Å²) in [4.78, 5) is 22.0. The van der Waals surface area contributed by atoms with E-state index in [1.54, 1.807) is 0 Å². The van der Waals surface area contributed by atoms with Crippen LogP contribution in [0, 0.1) is 59.0 Å². The number of halogens is 1. The standard InChI is InChI=1S/C52H43IN4.Zn/c1-28-9-14-38(31(4)23-28)50-41-17-15-39(54-41)49(36-10-12-37(53)13-11-36)40-16-19-43(55-40)51(47-32(5)24-29(2)25-33(47)6)45-21-22-46(57-45)52(44-20-18-42(50)56-44)48-34(7)26-30(3)27-35(48)8;/h9-27H,1-8H3;/q-2;+2. The van der Waals surface area contributed by atoms with E-state index < -0.39 is 0 Å². The second-order valence-corrected chi connectivity index (χ2v) is 17.0. The Hall–Kier alpha value is -5.17. The van der Waals surface area contributed by atoms with Gasteiger partial charge >= 0.3 is 19.5 Å². The zero-order valence-corrected chi connectivity index (χ0v) is 39.5. The first kappa shape index (κ1) is 39.6. The van der Waals surface area contributed by atoms with Gasteiger partial charge in [0.25, 0.3) is 0 Å². The van der Waals surface area contributed by atoms with Gasteiger partial charge in [-0.15, -0.1) is 22.1 Å². The first-order chi connectivity index (χ1) is 27.4. The minimum Gasteiger partial charge on any atom is -0.657 e. The first-order valence-corrected chi connectivity index (χ1v) is 20.6. The Labute approximate surface area is 367 Å². The molecule has 2 aliphatic rings. The van der Waals surface area contributed by atoms with Gasteiger partial charge in [0, 0.05) is 3.57 Å². The molecular formula is C52H43IN4Zn. The van der Waals surface area contributed by atoms with Crippen molar-refractivity contribution in [2.75, 3.05) is 0 Å². The molecule has 0 N–H and O–H groups in total. The molecule has 8 bridgehead atoms. The van der Waals surface area contributed by atoms with Gasteiger partial charge in [-0.2, -0.15) is 0 Å². The third kappa shape index (κ3) is 7.05. The second kappa shape index (κ2) is 15.5. The van der Waals surface area contributed by atoms with E-state index in [9.17, 15) is 0 Å². The van der Waals surface area contributed by atoms with Crippen LogP contribution < -0.4 is 9.97 Å². The Morgan fingerprint density at radius 2 is 0.759 bits per heavy atom. The van der Waals surface area contributed by atoms with E-state index in [0.29, 0.717) is 0 Å². The molecule has 5 heterocycles. The number of hydrogen-bond donors (Lipinski definition) is 0. The summed E-state index contributed by atoms with van der Waals surface area (Å²) in [7, 11) is 0. The van der Waals surface area contributed by atoms with Gasteiger partial charge < -0.3 is 9.97 Å². The van der Waals surface area contributed by atoms with Crippen LogP contribution in [0.5, 0.6) is 0 Å². The number of rotatable bonds is 4. The molecule has 2 aliphatic heterocycles. The normalized spacial score (nSPS) is 11.9. The van der Waals surface area contributed by atoms with Gasteiger partial charge in [-0.3, -0.25) is 0 Å². The molecule has 0 spiro atoms.